The van der Waals surface area contributed by atoms with Gasteiger partial charge in [0.2, 0.25) is 6.10 Å². The minimum atomic E-state index is -1.14. The van der Waals surface area contributed by atoms with Gasteiger partial charge >= 0.3 is 5.97 Å². The number of esters is 1. The van der Waals surface area contributed by atoms with E-state index in [4.69, 9.17) is 10.5 Å². The number of carbonyl (C=O) groups excluding carboxylic acids is 3. The standard InChI is InChI=1S/C22H23NO4/c23-22(26)21(16-7-2-1-3-8-16)27-20(25)13-12-19(24)18-11-10-15-6-4-5-9-17(15)14-18/h1-3,7-8,10-11,14,21H,4-6,9,12-13H2,(H2,23,26)/t21-/m1/s1. The largest absolute Gasteiger partial charge is 0.447 e. The number of Topliss-reactive ketones (excluding diaryl/α,β-unsaturated/α-hetero) is 1. The molecular formula is C22H23NO4. The molecule has 0 unspecified atom stereocenters. The zero-order valence-electron chi connectivity index (χ0n) is 15.1. The van der Waals surface area contributed by atoms with Crippen molar-refractivity contribution < 1.29 is 19.1 Å². The van der Waals surface area contributed by atoms with E-state index < -0.39 is 18.0 Å². The van der Waals surface area contributed by atoms with Gasteiger partial charge in [-0.3, -0.25) is 14.4 Å². The zero-order valence-corrected chi connectivity index (χ0v) is 15.1. The van der Waals surface area contributed by atoms with Crippen LogP contribution in [-0.4, -0.2) is 17.7 Å². The first-order chi connectivity index (χ1) is 13.0. The van der Waals surface area contributed by atoms with Gasteiger partial charge in [0.15, 0.2) is 5.78 Å². The number of hydrogen-bond donors (Lipinski definition) is 1. The topological polar surface area (TPSA) is 86.5 Å². The first-order valence-corrected chi connectivity index (χ1v) is 9.23. The van der Waals surface area contributed by atoms with E-state index in [0.29, 0.717) is 11.1 Å². The van der Waals surface area contributed by atoms with E-state index >= 15 is 0 Å². The van der Waals surface area contributed by atoms with Gasteiger partial charge in [-0.05, 0) is 42.9 Å². The Balaban J connectivity index is 1.58. The van der Waals surface area contributed by atoms with Gasteiger partial charge < -0.3 is 10.5 Å². The van der Waals surface area contributed by atoms with E-state index in [1.807, 2.05) is 18.2 Å². The third-order valence-electron chi connectivity index (χ3n) is 4.84. The molecule has 0 bridgehead atoms. The predicted molar refractivity (Wildman–Crippen MR) is 101 cm³/mol. The van der Waals surface area contributed by atoms with Gasteiger partial charge in [0, 0.05) is 17.5 Å². The fourth-order valence-electron chi connectivity index (χ4n) is 3.38. The normalized spacial score (nSPS) is 14.1. The van der Waals surface area contributed by atoms with Crippen LogP contribution in [0.1, 0.15) is 58.8 Å². The maximum Gasteiger partial charge on any atom is 0.307 e. The molecule has 2 N–H and O–H groups in total. The summed E-state index contributed by atoms with van der Waals surface area (Å²) in [7, 11) is 0. The predicted octanol–water partition coefficient (Wildman–Crippen LogP) is 3.30. The van der Waals surface area contributed by atoms with Gasteiger partial charge in [0.1, 0.15) is 0 Å². The van der Waals surface area contributed by atoms with E-state index in [1.165, 1.54) is 17.5 Å². The second-order valence-electron chi connectivity index (χ2n) is 6.80. The molecule has 27 heavy (non-hydrogen) atoms. The van der Waals surface area contributed by atoms with Crippen molar-refractivity contribution in [1.82, 2.24) is 0 Å². The minimum absolute atomic E-state index is 0.0396. The van der Waals surface area contributed by atoms with Crippen LogP contribution in [0.4, 0.5) is 0 Å². The SMILES string of the molecule is NC(=O)[C@H](OC(=O)CCC(=O)c1ccc2c(c1)CCCC2)c1ccccc1. The highest BCUT2D eigenvalue weighted by Gasteiger charge is 2.23. The van der Waals surface area contributed by atoms with Crippen LogP contribution in [0.3, 0.4) is 0 Å². The minimum Gasteiger partial charge on any atom is -0.447 e. The highest BCUT2D eigenvalue weighted by Crippen LogP contribution is 2.23. The maximum absolute atomic E-state index is 12.4. The van der Waals surface area contributed by atoms with Gasteiger partial charge in [0.05, 0.1) is 6.42 Å². The van der Waals surface area contributed by atoms with Crippen molar-refractivity contribution in [2.75, 3.05) is 0 Å². The van der Waals surface area contributed by atoms with E-state index in [0.717, 1.165) is 19.3 Å². The Morgan fingerprint density at radius 1 is 0.926 bits per heavy atom. The quantitative estimate of drug-likeness (QED) is 0.602. The molecule has 1 amide bonds. The number of primary amides is 1. The number of aryl methyl sites for hydroxylation is 2. The molecule has 2 aromatic carbocycles. The van der Waals surface area contributed by atoms with Crippen molar-refractivity contribution in [3.63, 3.8) is 0 Å². The van der Waals surface area contributed by atoms with Crippen molar-refractivity contribution in [3.05, 3.63) is 70.8 Å². The summed E-state index contributed by atoms with van der Waals surface area (Å²) in [5, 5.41) is 0. The average Bonchev–Trinajstić information content (AvgIpc) is 2.70. The van der Waals surface area contributed by atoms with Gasteiger partial charge in [-0.2, -0.15) is 0 Å². The number of fused-ring (bicyclic) bond motifs is 1. The van der Waals surface area contributed by atoms with E-state index in [9.17, 15) is 14.4 Å². The summed E-state index contributed by atoms with van der Waals surface area (Å²) < 4.78 is 5.21. The van der Waals surface area contributed by atoms with E-state index in [-0.39, 0.29) is 18.6 Å². The molecule has 140 valence electrons. The molecule has 0 radical (unpaired) electrons. The molecule has 0 heterocycles. The smallest absolute Gasteiger partial charge is 0.307 e. The molecule has 0 spiro atoms. The van der Waals surface area contributed by atoms with Gasteiger partial charge in [0.25, 0.3) is 5.91 Å². The Hall–Kier alpha value is -2.95. The molecule has 1 aliphatic rings. The number of nitrogens with two attached hydrogens (primary N) is 1. The van der Waals surface area contributed by atoms with Crippen LogP contribution in [0.5, 0.6) is 0 Å². The van der Waals surface area contributed by atoms with Gasteiger partial charge in [-0.1, -0.05) is 42.5 Å². The molecule has 0 saturated heterocycles. The molecule has 0 fully saturated rings. The van der Waals surface area contributed by atoms with Crippen LogP contribution in [0, 0.1) is 0 Å². The van der Waals surface area contributed by atoms with Crippen LogP contribution in [0.2, 0.25) is 0 Å². The number of carbonyl (C=O) groups is 3. The summed E-state index contributed by atoms with van der Waals surface area (Å²) >= 11 is 0. The third kappa shape index (κ3) is 4.82. The highest BCUT2D eigenvalue weighted by atomic mass is 16.5. The lowest BCUT2D eigenvalue weighted by molar-refractivity contribution is -0.155. The van der Waals surface area contributed by atoms with E-state index in [2.05, 4.69) is 0 Å². The van der Waals surface area contributed by atoms with E-state index in [1.54, 1.807) is 30.3 Å². The molecule has 1 aliphatic carbocycles. The lowest BCUT2D eigenvalue weighted by Crippen LogP contribution is -2.26. The molecule has 5 nitrogen and oxygen atoms in total. The fraction of sp³-hybridized carbons (Fsp3) is 0.318. The van der Waals surface area contributed by atoms with Gasteiger partial charge in [-0.15, -0.1) is 0 Å². The third-order valence-corrected chi connectivity index (χ3v) is 4.84. The van der Waals surface area contributed by atoms with Crippen molar-refractivity contribution in [3.8, 4) is 0 Å². The molecule has 0 saturated carbocycles. The Kier molecular flexibility index (Phi) is 6.01. The number of amides is 1. The monoisotopic (exact) mass is 365 g/mol. The molecule has 1 atom stereocenters. The maximum atomic E-state index is 12.4. The lowest BCUT2D eigenvalue weighted by atomic mass is 9.89. The summed E-state index contributed by atoms with van der Waals surface area (Å²) in [6, 6.07) is 14.4. The summed E-state index contributed by atoms with van der Waals surface area (Å²) in [5.41, 5.74) is 9.02. The molecular weight excluding hydrogens is 342 g/mol. The fourth-order valence-corrected chi connectivity index (χ4v) is 3.38. The average molecular weight is 365 g/mol. The van der Waals surface area contributed by atoms with Crippen molar-refractivity contribution in [2.24, 2.45) is 5.73 Å². The Bertz CT molecular complexity index is 845. The number of ether oxygens (including phenoxy) is 1. The van der Waals surface area contributed by atoms with Crippen molar-refractivity contribution >= 4 is 17.7 Å². The zero-order chi connectivity index (χ0) is 19.2. The summed E-state index contributed by atoms with van der Waals surface area (Å²) in [6.45, 7) is 0. The van der Waals surface area contributed by atoms with Crippen molar-refractivity contribution in [1.29, 1.82) is 0 Å². The van der Waals surface area contributed by atoms with Crippen LogP contribution in [-0.2, 0) is 27.2 Å². The highest BCUT2D eigenvalue weighted by molar-refractivity contribution is 5.98. The van der Waals surface area contributed by atoms with Crippen LogP contribution < -0.4 is 5.73 Å². The first-order valence-electron chi connectivity index (χ1n) is 9.23. The van der Waals surface area contributed by atoms with Gasteiger partial charge in [-0.25, -0.2) is 0 Å². The van der Waals surface area contributed by atoms with Crippen LogP contribution in [0.25, 0.3) is 0 Å². The molecule has 2 aromatic rings. The number of hydrogen-bond acceptors (Lipinski definition) is 4. The molecule has 0 aromatic heterocycles. The summed E-state index contributed by atoms with van der Waals surface area (Å²) in [5.74, 6) is -1.46. The summed E-state index contributed by atoms with van der Waals surface area (Å²) in [4.78, 5) is 36.2. The summed E-state index contributed by atoms with van der Waals surface area (Å²) in [6.07, 6.45) is 3.20. The molecule has 0 aliphatic heterocycles. The van der Waals surface area contributed by atoms with Crippen molar-refractivity contribution in [2.45, 2.75) is 44.6 Å². The number of rotatable bonds is 7. The second-order valence-corrected chi connectivity index (χ2v) is 6.80. The number of ketones is 1. The second kappa shape index (κ2) is 8.62. The van der Waals surface area contributed by atoms with Crippen LogP contribution in [0.15, 0.2) is 48.5 Å². The Morgan fingerprint density at radius 2 is 1.63 bits per heavy atom. The van der Waals surface area contributed by atoms with Crippen LogP contribution >= 0.6 is 0 Å². The Morgan fingerprint density at radius 3 is 2.33 bits per heavy atom. The first kappa shape index (κ1) is 18.8. The molecule has 3 rings (SSSR count). The molecule has 5 heteroatoms. The number of benzene rings is 2. The Labute approximate surface area is 158 Å². The lowest BCUT2D eigenvalue weighted by Gasteiger charge is -2.16.